The van der Waals surface area contributed by atoms with Crippen LogP contribution in [0.2, 0.25) is 0 Å². The maximum Gasteiger partial charge on any atom is 0.413 e. The van der Waals surface area contributed by atoms with E-state index in [4.69, 9.17) is 4.74 Å². The molecule has 114 valence electrons. The third-order valence-electron chi connectivity index (χ3n) is 2.87. The van der Waals surface area contributed by atoms with Gasteiger partial charge in [0.25, 0.3) is 0 Å². The average molecular weight is 285 g/mol. The predicted molar refractivity (Wildman–Crippen MR) is 72.9 cm³/mol. The lowest BCUT2D eigenvalue weighted by Crippen LogP contribution is -2.52. The highest BCUT2D eigenvalue weighted by molar-refractivity contribution is 5.80. The van der Waals surface area contributed by atoms with Gasteiger partial charge < -0.3 is 14.6 Å². The molecule has 0 saturated carbocycles. The Morgan fingerprint density at radius 1 is 1.40 bits per heavy atom. The lowest BCUT2D eigenvalue weighted by molar-refractivity contribution is -0.162. The summed E-state index contributed by atoms with van der Waals surface area (Å²) in [5, 5.41) is 10.0. The summed E-state index contributed by atoms with van der Waals surface area (Å²) in [6.07, 6.45) is 3.81. The van der Waals surface area contributed by atoms with Crippen molar-refractivity contribution in [2.45, 2.75) is 57.9 Å². The second kappa shape index (κ2) is 6.74. The Balaban J connectivity index is 2.94. The third kappa shape index (κ3) is 4.52. The van der Waals surface area contributed by atoms with Crippen molar-refractivity contribution >= 4 is 12.1 Å². The molecule has 6 nitrogen and oxygen atoms in total. The van der Waals surface area contributed by atoms with E-state index in [2.05, 4.69) is 4.74 Å². The zero-order valence-electron chi connectivity index (χ0n) is 12.5. The summed E-state index contributed by atoms with van der Waals surface area (Å²) in [6, 6.07) is -0.368. The van der Waals surface area contributed by atoms with Crippen molar-refractivity contribution in [1.29, 1.82) is 0 Å². The normalized spacial score (nSPS) is 20.1. The molecule has 1 rings (SSSR count). The summed E-state index contributed by atoms with van der Waals surface area (Å²) in [7, 11) is 1.16. The van der Waals surface area contributed by atoms with E-state index in [9.17, 15) is 14.7 Å². The van der Waals surface area contributed by atoms with E-state index in [-0.39, 0.29) is 6.04 Å². The summed E-state index contributed by atoms with van der Waals surface area (Å²) in [5.74, 6) is -0.880. The number of hydrogen-bond acceptors (Lipinski definition) is 5. The van der Waals surface area contributed by atoms with E-state index in [1.54, 1.807) is 26.8 Å². The van der Waals surface area contributed by atoms with Gasteiger partial charge >= 0.3 is 12.1 Å². The van der Waals surface area contributed by atoms with E-state index in [0.717, 1.165) is 24.9 Å². The fourth-order valence-electron chi connectivity index (χ4n) is 1.98. The van der Waals surface area contributed by atoms with Crippen molar-refractivity contribution < 1.29 is 24.2 Å². The van der Waals surface area contributed by atoms with Gasteiger partial charge in [-0.1, -0.05) is 12.2 Å². The Morgan fingerprint density at radius 3 is 2.50 bits per heavy atom. The number of methoxy groups -OCH3 is 1. The Kier molecular flexibility index (Phi) is 5.56. The first kappa shape index (κ1) is 16.5. The number of rotatable bonds is 3. The first-order valence-electron chi connectivity index (χ1n) is 6.70. The number of carbonyl (C=O) groups excluding carboxylic acids is 2. The van der Waals surface area contributed by atoms with Crippen LogP contribution in [-0.4, -0.2) is 47.0 Å². The van der Waals surface area contributed by atoms with Crippen LogP contribution in [0.1, 0.15) is 40.0 Å². The maximum atomic E-state index is 12.2. The molecular weight excluding hydrogens is 262 g/mol. The fourth-order valence-corrected chi connectivity index (χ4v) is 1.98. The smallest absolute Gasteiger partial charge is 0.413 e. The van der Waals surface area contributed by atoms with E-state index in [1.165, 1.54) is 0 Å². The molecule has 0 aromatic heterocycles. The topological polar surface area (TPSA) is 76.1 Å². The van der Waals surface area contributed by atoms with Gasteiger partial charge in [-0.2, -0.15) is 0 Å². The number of ether oxygens (including phenoxy) is 2. The molecule has 1 aliphatic carbocycles. The monoisotopic (exact) mass is 285 g/mol. The van der Waals surface area contributed by atoms with Gasteiger partial charge in [0.05, 0.1) is 13.2 Å². The molecule has 0 heterocycles. The van der Waals surface area contributed by atoms with Crippen LogP contribution in [0.5, 0.6) is 0 Å². The molecule has 0 fully saturated rings. The van der Waals surface area contributed by atoms with Crippen LogP contribution in [0.25, 0.3) is 0 Å². The standard InChI is InChI=1S/C14H23NO5/c1-14(2,3)20-13(18)15(11(16)12(17)19-4)10-8-6-5-7-9-10/h6,8,10-11,16H,5,7,9H2,1-4H3. The van der Waals surface area contributed by atoms with Crippen molar-refractivity contribution in [2.24, 2.45) is 0 Å². The minimum Gasteiger partial charge on any atom is -0.466 e. The van der Waals surface area contributed by atoms with Gasteiger partial charge in [0.1, 0.15) is 5.60 Å². The highest BCUT2D eigenvalue weighted by atomic mass is 16.6. The number of carbonyl (C=O) groups is 2. The predicted octanol–water partition coefficient (Wildman–Crippen LogP) is 1.82. The molecular formula is C14H23NO5. The average Bonchev–Trinajstić information content (AvgIpc) is 2.37. The maximum absolute atomic E-state index is 12.2. The largest absolute Gasteiger partial charge is 0.466 e. The van der Waals surface area contributed by atoms with Crippen molar-refractivity contribution in [3.05, 3.63) is 12.2 Å². The lowest BCUT2D eigenvalue weighted by atomic mass is 10.0. The fraction of sp³-hybridized carbons (Fsp3) is 0.714. The summed E-state index contributed by atoms with van der Waals surface area (Å²) >= 11 is 0. The summed E-state index contributed by atoms with van der Waals surface area (Å²) in [5.41, 5.74) is -0.705. The molecule has 0 aromatic rings. The van der Waals surface area contributed by atoms with Gasteiger partial charge in [-0.25, -0.2) is 9.59 Å². The van der Waals surface area contributed by atoms with Crippen molar-refractivity contribution in [3.8, 4) is 0 Å². The summed E-state index contributed by atoms with van der Waals surface area (Å²) in [6.45, 7) is 5.18. The highest BCUT2D eigenvalue weighted by Gasteiger charge is 2.36. The van der Waals surface area contributed by atoms with Crippen LogP contribution in [0.4, 0.5) is 4.79 Å². The van der Waals surface area contributed by atoms with Crippen molar-refractivity contribution in [2.75, 3.05) is 7.11 Å². The minimum atomic E-state index is -1.66. The Labute approximate surface area is 119 Å². The molecule has 0 saturated heterocycles. The van der Waals surface area contributed by atoms with Gasteiger partial charge in [0.2, 0.25) is 6.23 Å². The second-order valence-electron chi connectivity index (χ2n) is 5.71. The van der Waals surface area contributed by atoms with Gasteiger partial charge in [0.15, 0.2) is 0 Å². The molecule has 0 radical (unpaired) electrons. The van der Waals surface area contributed by atoms with Crippen molar-refractivity contribution in [1.82, 2.24) is 4.90 Å². The highest BCUT2D eigenvalue weighted by Crippen LogP contribution is 2.21. The molecule has 2 unspecified atom stereocenters. The molecule has 0 aliphatic heterocycles. The molecule has 0 spiro atoms. The van der Waals surface area contributed by atoms with Crippen LogP contribution >= 0.6 is 0 Å². The molecule has 20 heavy (non-hydrogen) atoms. The number of hydrogen-bond donors (Lipinski definition) is 1. The van der Waals surface area contributed by atoms with Gasteiger partial charge in [-0.3, -0.25) is 4.90 Å². The Bertz CT molecular complexity index is 386. The van der Waals surface area contributed by atoms with Crippen LogP contribution in [0, 0.1) is 0 Å². The minimum absolute atomic E-state index is 0.368. The molecule has 1 amide bonds. The van der Waals surface area contributed by atoms with Gasteiger partial charge in [-0.05, 0) is 40.0 Å². The first-order valence-corrected chi connectivity index (χ1v) is 6.70. The quantitative estimate of drug-likeness (QED) is 0.486. The number of amides is 1. The SMILES string of the molecule is COC(=O)C(O)N(C(=O)OC(C)(C)C)C1C=CCCC1. The zero-order chi connectivity index (χ0) is 15.3. The Morgan fingerprint density at radius 2 is 2.05 bits per heavy atom. The first-order chi connectivity index (χ1) is 9.26. The lowest BCUT2D eigenvalue weighted by Gasteiger charge is -2.35. The van der Waals surface area contributed by atoms with E-state index in [1.807, 2.05) is 6.08 Å². The molecule has 0 bridgehead atoms. The zero-order valence-corrected chi connectivity index (χ0v) is 12.5. The van der Waals surface area contributed by atoms with Crippen LogP contribution in [-0.2, 0) is 14.3 Å². The van der Waals surface area contributed by atoms with Crippen LogP contribution in [0.3, 0.4) is 0 Å². The summed E-state index contributed by atoms with van der Waals surface area (Å²) < 4.78 is 9.76. The molecule has 1 N–H and O–H groups in total. The molecule has 1 aliphatic rings. The van der Waals surface area contributed by atoms with E-state index in [0.29, 0.717) is 6.42 Å². The van der Waals surface area contributed by atoms with E-state index >= 15 is 0 Å². The van der Waals surface area contributed by atoms with Crippen LogP contribution in [0.15, 0.2) is 12.2 Å². The van der Waals surface area contributed by atoms with Crippen LogP contribution < -0.4 is 0 Å². The van der Waals surface area contributed by atoms with Gasteiger partial charge in [-0.15, -0.1) is 0 Å². The molecule has 2 atom stereocenters. The molecule has 0 aromatic carbocycles. The number of aliphatic hydroxyl groups excluding tert-OH is 1. The number of esters is 1. The van der Waals surface area contributed by atoms with Crippen molar-refractivity contribution in [3.63, 3.8) is 0 Å². The number of aliphatic hydroxyl groups is 1. The number of nitrogens with zero attached hydrogens (tertiary/aromatic N) is 1. The molecule has 6 heteroatoms. The van der Waals surface area contributed by atoms with E-state index < -0.39 is 23.9 Å². The Hall–Kier alpha value is -1.56. The number of allylic oxidation sites excluding steroid dienone is 1. The third-order valence-corrected chi connectivity index (χ3v) is 2.87. The van der Waals surface area contributed by atoms with Gasteiger partial charge in [0, 0.05) is 0 Å². The second-order valence-corrected chi connectivity index (χ2v) is 5.71. The summed E-state index contributed by atoms with van der Waals surface area (Å²) in [4.78, 5) is 24.8.